The predicted octanol–water partition coefficient (Wildman–Crippen LogP) is 4.78. The molecular weight excluding hydrogens is 580 g/mol. The summed E-state index contributed by atoms with van der Waals surface area (Å²) in [5.41, 5.74) is 0.655. The van der Waals surface area contributed by atoms with Crippen LogP contribution in [0.25, 0.3) is 0 Å². The molecule has 0 saturated heterocycles. The third kappa shape index (κ3) is 7.81. The van der Waals surface area contributed by atoms with Crippen LogP contribution in [0.3, 0.4) is 0 Å². The van der Waals surface area contributed by atoms with Crippen LogP contribution in [0, 0.1) is 17.6 Å². The molecule has 3 atom stereocenters. The summed E-state index contributed by atoms with van der Waals surface area (Å²) >= 11 is 0. The minimum Gasteiger partial charge on any atom is -0.497 e. The molecule has 12 heteroatoms. The molecule has 1 aliphatic heterocycles. The van der Waals surface area contributed by atoms with Gasteiger partial charge in [-0.2, -0.15) is 0 Å². The average Bonchev–Trinajstić information content (AvgIpc) is 2.98. The molecular formula is C31H37F2N3O6S. The maximum Gasteiger partial charge on any atom is 0.261 e. The molecule has 0 spiro atoms. The lowest BCUT2D eigenvalue weighted by Crippen LogP contribution is -2.46. The SMILES string of the molecule is COc1ccc(S(=O)(=O)Nc2ccc3c(c2)OC[C@@H](C)N(Cc2cc(F)ccc2F)C[C@@H](C)[C@H](OC)CN(C)C3=O)cc1. The number of sulfonamides is 1. The number of fused-ring (bicyclic) bond motifs is 1. The van der Waals surface area contributed by atoms with Crippen molar-refractivity contribution in [2.45, 2.75) is 37.4 Å². The van der Waals surface area contributed by atoms with E-state index in [9.17, 15) is 22.0 Å². The van der Waals surface area contributed by atoms with Crippen LogP contribution in [-0.4, -0.2) is 77.2 Å². The zero-order valence-corrected chi connectivity index (χ0v) is 25.7. The predicted molar refractivity (Wildman–Crippen MR) is 159 cm³/mol. The Bertz CT molecular complexity index is 1540. The topological polar surface area (TPSA) is 97.4 Å². The maximum atomic E-state index is 14.6. The summed E-state index contributed by atoms with van der Waals surface area (Å²) in [6.45, 7) is 4.80. The number of nitrogens with one attached hydrogen (secondary N) is 1. The van der Waals surface area contributed by atoms with Gasteiger partial charge in [0.1, 0.15) is 29.7 Å². The Morgan fingerprint density at radius 3 is 2.40 bits per heavy atom. The Balaban J connectivity index is 1.66. The number of rotatable bonds is 7. The normalized spacial score (nSPS) is 20.4. The van der Waals surface area contributed by atoms with Crippen LogP contribution >= 0.6 is 0 Å². The first kappa shape index (κ1) is 32.2. The fraction of sp³-hybridized carbons (Fsp3) is 0.387. The van der Waals surface area contributed by atoms with Gasteiger partial charge in [-0.05, 0) is 67.4 Å². The van der Waals surface area contributed by atoms with Gasteiger partial charge in [0.2, 0.25) is 0 Å². The lowest BCUT2D eigenvalue weighted by Gasteiger charge is -2.36. The Labute approximate surface area is 251 Å². The lowest BCUT2D eigenvalue weighted by atomic mass is 10.0. The van der Waals surface area contributed by atoms with Crippen molar-refractivity contribution in [3.63, 3.8) is 0 Å². The van der Waals surface area contributed by atoms with E-state index in [1.165, 1.54) is 48.4 Å². The molecule has 232 valence electrons. The highest BCUT2D eigenvalue weighted by atomic mass is 32.2. The van der Waals surface area contributed by atoms with E-state index in [0.717, 1.165) is 12.1 Å². The van der Waals surface area contributed by atoms with Gasteiger partial charge in [0.05, 0.1) is 29.4 Å². The Kier molecular flexibility index (Phi) is 10.3. The monoisotopic (exact) mass is 617 g/mol. The van der Waals surface area contributed by atoms with Crippen molar-refractivity contribution in [1.29, 1.82) is 0 Å². The van der Waals surface area contributed by atoms with Crippen LogP contribution in [0.15, 0.2) is 65.6 Å². The molecule has 1 N–H and O–H groups in total. The molecule has 3 aromatic carbocycles. The molecule has 0 aromatic heterocycles. The minimum atomic E-state index is -3.96. The second-order valence-electron chi connectivity index (χ2n) is 10.8. The summed E-state index contributed by atoms with van der Waals surface area (Å²) in [4.78, 5) is 17.0. The first-order valence-electron chi connectivity index (χ1n) is 13.8. The summed E-state index contributed by atoms with van der Waals surface area (Å²) in [6, 6.07) is 13.5. The van der Waals surface area contributed by atoms with E-state index in [-0.39, 0.29) is 71.1 Å². The van der Waals surface area contributed by atoms with Gasteiger partial charge in [0, 0.05) is 51.5 Å². The largest absolute Gasteiger partial charge is 0.497 e. The molecule has 3 aromatic rings. The van der Waals surface area contributed by atoms with Crippen molar-refractivity contribution in [2.24, 2.45) is 5.92 Å². The Morgan fingerprint density at radius 1 is 1.00 bits per heavy atom. The quantitative estimate of drug-likeness (QED) is 0.408. The molecule has 1 aliphatic rings. The van der Waals surface area contributed by atoms with Gasteiger partial charge in [-0.1, -0.05) is 6.92 Å². The highest BCUT2D eigenvalue weighted by Crippen LogP contribution is 2.29. The number of hydrogen-bond donors (Lipinski definition) is 1. The lowest BCUT2D eigenvalue weighted by molar-refractivity contribution is 0.00903. The van der Waals surface area contributed by atoms with Crippen molar-refractivity contribution >= 4 is 21.6 Å². The summed E-state index contributed by atoms with van der Waals surface area (Å²) < 4.78 is 74.3. The van der Waals surface area contributed by atoms with E-state index in [1.54, 1.807) is 26.3 Å². The molecule has 4 rings (SSSR count). The van der Waals surface area contributed by atoms with Gasteiger partial charge < -0.3 is 19.1 Å². The number of likely N-dealkylation sites (N-methyl/N-ethyl adjacent to an activating group) is 1. The first-order chi connectivity index (χ1) is 20.4. The molecule has 0 radical (unpaired) electrons. The van der Waals surface area contributed by atoms with Crippen molar-refractivity contribution in [3.05, 3.63) is 83.4 Å². The number of ether oxygens (including phenoxy) is 3. The van der Waals surface area contributed by atoms with Gasteiger partial charge in [-0.15, -0.1) is 0 Å². The fourth-order valence-electron chi connectivity index (χ4n) is 4.98. The van der Waals surface area contributed by atoms with Gasteiger partial charge >= 0.3 is 0 Å². The third-order valence-corrected chi connectivity index (χ3v) is 8.98. The number of hydrogen-bond acceptors (Lipinski definition) is 7. The van der Waals surface area contributed by atoms with Gasteiger partial charge in [0.15, 0.2) is 0 Å². The number of carbonyl (C=O) groups excluding carboxylic acids is 1. The van der Waals surface area contributed by atoms with E-state index in [0.29, 0.717) is 12.3 Å². The van der Waals surface area contributed by atoms with Crippen LogP contribution in [-0.2, 0) is 21.3 Å². The van der Waals surface area contributed by atoms with Crippen LogP contribution in [0.1, 0.15) is 29.8 Å². The maximum absolute atomic E-state index is 14.6. The molecule has 1 heterocycles. The second kappa shape index (κ2) is 13.7. The smallest absolute Gasteiger partial charge is 0.261 e. The van der Waals surface area contributed by atoms with Crippen LogP contribution in [0.4, 0.5) is 14.5 Å². The summed E-state index contributed by atoms with van der Waals surface area (Å²) in [6.07, 6.45) is -0.347. The van der Waals surface area contributed by atoms with E-state index < -0.39 is 21.7 Å². The standard InChI is InChI=1S/C31H37F2N3O6S/c1-20-16-36(17-22-14-23(32)6-13-28(22)33)21(2)19-42-29-15-24(7-12-27(29)31(37)35(3)18-30(20)41-5)34-43(38,39)26-10-8-25(40-4)9-11-26/h6-15,20-21,30,34H,16-19H2,1-5H3/t20-,21-,30-/m1/s1. The van der Waals surface area contributed by atoms with Gasteiger partial charge in [-0.25, -0.2) is 17.2 Å². The molecule has 43 heavy (non-hydrogen) atoms. The van der Waals surface area contributed by atoms with E-state index in [4.69, 9.17) is 14.2 Å². The third-order valence-electron chi connectivity index (χ3n) is 7.58. The molecule has 0 saturated carbocycles. The number of anilines is 1. The molecule has 0 bridgehead atoms. The van der Waals surface area contributed by atoms with E-state index in [2.05, 4.69) is 4.72 Å². The number of benzene rings is 3. The van der Waals surface area contributed by atoms with Crippen LogP contribution < -0.4 is 14.2 Å². The van der Waals surface area contributed by atoms with Crippen molar-refractivity contribution in [3.8, 4) is 11.5 Å². The fourth-order valence-corrected chi connectivity index (χ4v) is 6.03. The molecule has 0 fully saturated rings. The summed E-state index contributed by atoms with van der Waals surface area (Å²) in [7, 11) is 0.758. The zero-order valence-electron chi connectivity index (χ0n) is 24.8. The average molecular weight is 618 g/mol. The number of methoxy groups -OCH3 is 2. The van der Waals surface area contributed by atoms with Crippen molar-refractivity contribution in [2.75, 3.05) is 45.7 Å². The van der Waals surface area contributed by atoms with Crippen LogP contribution in [0.2, 0.25) is 0 Å². The highest BCUT2D eigenvalue weighted by Gasteiger charge is 2.29. The van der Waals surface area contributed by atoms with Crippen LogP contribution in [0.5, 0.6) is 11.5 Å². The minimum absolute atomic E-state index is 0.0337. The van der Waals surface area contributed by atoms with E-state index >= 15 is 0 Å². The molecule has 1 amide bonds. The molecule has 0 unspecified atom stereocenters. The van der Waals surface area contributed by atoms with Gasteiger partial charge in [-0.3, -0.25) is 14.4 Å². The number of amides is 1. The first-order valence-corrected chi connectivity index (χ1v) is 15.3. The summed E-state index contributed by atoms with van der Waals surface area (Å²) in [5.74, 6) is -0.743. The second-order valence-corrected chi connectivity index (χ2v) is 12.4. The number of nitrogens with zero attached hydrogens (tertiary/aromatic N) is 2. The van der Waals surface area contributed by atoms with Crippen molar-refractivity contribution < 1.29 is 36.2 Å². The number of halogens is 2. The Morgan fingerprint density at radius 2 is 1.72 bits per heavy atom. The summed E-state index contributed by atoms with van der Waals surface area (Å²) in [5, 5.41) is 0. The van der Waals surface area contributed by atoms with Crippen molar-refractivity contribution in [1.82, 2.24) is 9.80 Å². The highest BCUT2D eigenvalue weighted by molar-refractivity contribution is 7.92. The van der Waals surface area contributed by atoms with Gasteiger partial charge in [0.25, 0.3) is 15.9 Å². The molecule has 0 aliphatic carbocycles. The number of carbonyl (C=O) groups is 1. The molecule has 9 nitrogen and oxygen atoms in total. The Hall–Kier alpha value is -3.74. The van der Waals surface area contributed by atoms with E-state index in [1.807, 2.05) is 18.7 Å². The zero-order chi connectivity index (χ0) is 31.3.